The van der Waals surface area contributed by atoms with Gasteiger partial charge in [0.2, 0.25) is 0 Å². The number of fused-ring (bicyclic) bond motifs is 1. The minimum Gasteiger partial charge on any atom is -0.452 e. The summed E-state index contributed by atoms with van der Waals surface area (Å²) in [4.78, 5) is 11.4. The molecule has 0 aromatic carbocycles. The van der Waals surface area contributed by atoms with Crippen molar-refractivity contribution in [3.05, 3.63) is 24.3 Å². The first-order valence-electron chi connectivity index (χ1n) is 9.26. The van der Waals surface area contributed by atoms with Gasteiger partial charge in [0, 0.05) is 6.08 Å². The van der Waals surface area contributed by atoms with Gasteiger partial charge in [-0.05, 0) is 74.2 Å². The number of ether oxygens (including phenoxy) is 1. The molecular weight excluding hydrogens is 284 g/mol. The van der Waals surface area contributed by atoms with Gasteiger partial charge in [-0.15, -0.1) is 0 Å². The predicted molar refractivity (Wildman–Crippen MR) is 94.0 cm³/mol. The summed E-state index contributed by atoms with van der Waals surface area (Å²) in [5.41, 5.74) is 1.82. The Labute approximate surface area is 141 Å². The van der Waals surface area contributed by atoms with Crippen molar-refractivity contribution >= 4 is 5.97 Å². The lowest BCUT2D eigenvalue weighted by Gasteiger charge is -2.58. The van der Waals surface area contributed by atoms with E-state index in [9.17, 15) is 4.79 Å². The Morgan fingerprint density at radius 3 is 2.65 bits per heavy atom. The number of hydrogen-bond acceptors (Lipinski definition) is 2. The van der Waals surface area contributed by atoms with Gasteiger partial charge in [0.25, 0.3) is 0 Å². The average Bonchev–Trinajstić information content (AvgIpc) is 2.77. The van der Waals surface area contributed by atoms with Crippen LogP contribution in [0.5, 0.6) is 0 Å². The average molecular weight is 316 g/mol. The quantitative estimate of drug-likeness (QED) is 0.512. The van der Waals surface area contributed by atoms with E-state index in [0.717, 1.165) is 18.8 Å². The van der Waals surface area contributed by atoms with Crippen molar-refractivity contribution in [3.8, 4) is 0 Å². The molecule has 0 aromatic rings. The third-order valence-electron chi connectivity index (χ3n) is 7.15. The summed E-state index contributed by atoms with van der Waals surface area (Å²) in [5.74, 6) is 1.15. The zero-order valence-electron chi connectivity index (χ0n) is 15.3. The van der Waals surface area contributed by atoms with Crippen LogP contribution in [0.25, 0.3) is 0 Å². The van der Waals surface area contributed by atoms with Crippen molar-refractivity contribution < 1.29 is 9.53 Å². The van der Waals surface area contributed by atoms with Crippen LogP contribution in [0.15, 0.2) is 24.3 Å². The molecule has 4 atom stereocenters. The molecule has 0 spiro atoms. The fourth-order valence-electron chi connectivity index (χ4n) is 5.92. The van der Waals surface area contributed by atoms with Crippen LogP contribution in [0.2, 0.25) is 0 Å². The maximum Gasteiger partial charge on any atom is 0.331 e. The van der Waals surface area contributed by atoms with Crippen LogP contribution < -0.4 is 0 Å². The topological polar surface area (TPSA) is 26.3 Å². The molecule has 3 aliphatic rings. The second kappa shape index (κ2) is 5.50. The molecule has 0 bridgehead atoms. The molecule has 0 radical (unpaired) electrons. The molecule has 2 aliphatic carbocycles. The van der Waals surface area contributed by atoms with E-state index in [1.807, 2.05) is 13.0 Å². The molecule has 0 unspecified atom stereocenters. The SMILES string of the molecule is C=C1CC[C@H]2C(C)(C)CCC[C@]2(C)[C@H]1CC[C@]1(C)C=CC(=O)O1. The summed E-state index contributed by atoms with van der Waals surface area (Å²) < 4.78 is 5.51. The summed E-state index contributed by atoms with van der Waals surface area (Å²) in [7, 11) is 0. The number of carbonyl (C=O) groups excluding carboxylic acids is 1. The first kappa shape index (κ1) is 16.8. The van der Waals surface area contributed by atoms with Crippen LogP contribution >= 0.6 is 0 Å². The highest BCUT2D eigenvalue weighted by atomic mass is 16.6. The van der Waals surface area contributed by atoms with E-state index in [-0.39, 0.29) is 5.97 Å². The highest BCUT2D eigenvalue weighted by Crippen LogP contribution is 2.61. The second-order valence-corrected chi connectivity index (χ2v) is 9.26. The van der Waals surface area contributed by atoms with Gasteiger partial charge in [-0.3, -0.25) is 0 Å². The van der Waals surface area contributed by atoms with Gasteiger partial charge in [-0.2, -0.15) is 0 Å². The summed E-state index contributed by atoms with van der Waals surface area (Å²) in [6.45, 7) is 13.9. The van der Waals surface area contributed by atoms with Crippen molar-refractivity contribution in [1.82, 2.24) is 0 Å². The molecule has 0 saturated heterocycles. The van der Waals surface area contributed by atoms with Crippen molar-refractivity contribution in [2.24, 2.45) is 22.7 Å². The Balaban J connectivity index is 1.78. The van der Waals surface area contributed by atoms with E-state index in [2.05, 4.69) is 27.4 Å². The lowest BCUT2D eigenvalue weighted by atomic mass is 9.47. The van der Waals surface area contributed by atoms with Crippen LogP contribution in [-0.2, 0) is 9.53 Å². The lowest BCUT2D eigenvalue weighted by Crippen LogP contribution is -2.49. The normalized spacial score (nSPS) is 42.4. The first-order chi connectivity index (χ1) is 10.7. The standard InChI is InChI=1S/C21H32O2/c1-15-7-8-17-19(2,3)11-6-12-21(17,5)16(15)9-13-20(4)14-10-18(22)23-20/h10,14,16-17H,1,6-9,11-13H2,2-5H3/t16-,17-,20+,21+/m0/s1. The molecule has 2 saturated carbocycles. The maximum absolute atomic E-state index is 11.4. The van der Waals surface area contributed by atoms with Gasteiger partial charge in [-0.1, -0.05) is 39.3 Å². The molecule has 0 N–H and O–H groups in total. The van der Waals surface area contributed by atoms with Crippen LogP contribution in [0.4, 0.5) is 0 Å². The Morgan fingerprint density at radius 1 is 1.26 bits per heavy atom. The number of rotatable bonds is 3. The fraction of sp³-hybridized carbons (Fsp3) is 0.762. The number of carbonyl (C=O) groups is 1. The molecule has 1 aliphatic heterocycles. The van der Waals surface area contributed by atoms with E-state index in [1.165, 1.54) is 37.7 Å². The maximum atomic E-state index is 11.4. The van der Waals surface area contributed by atoms with Gasteiger partial charge in [0.15, 0.2) is 0 Å². The minimum absolute atomic E-state index is 0.196. The van der Waals surface area contributed by atoms with Crippen LogP contribution in [0, 0.1) is 22.7 Å². The molecule has 2 heteroatoms. The summed E-state index contributed by atoms with van der Waals surface area (Å²) in [5, 5.41) is 0. The third-order valence-corrected chi connectivity index (χ3v) is 7.15. The second-order valence-electron chi connectivity index (χ2n) is 9.26. The molecule has 23 heavy (non-hydrogen) atoms. The smallest absolute Gasteiger partial charge is 0.331 e. The summed E-state index contributed by atoms with van der Waals surface area (Å²) in [6.07, 6.45) is 12.0. The van der Waals surface area contributed by atoms with Crippen LogP contribution in [-0.4, -0.2) is 11.6 Å². The molecule has 2 fully saturated rings. The number of hydrogen-bond donors (Lipinski definition) is 0. The Hall–Kier alpha value is -1.05. The zero-order valence-corrected chi connectivity index (χ0v) is 15.3. The monoisotopic (exact) mass is 316 g/mol. The van der Waals surface area contributed by atoms with Crippen LogP contribution in [0.1, 0.15) is 72.6 Å². The third kappa shape index (κ3) is 2.90. The molecule has 128 valence electrons. The largest absolute Gasteiger partial charge is 0.452 e. The van der Waals surface area contributed by atoms with E-state index in [1.54, 1.807) is 6.08 Å². The highest BCUT2D eigenvalue weighted by molar-refractivity contribution is 5.85. The van der Waals surface area contributed by atoms with Crippen molar-refractivity contribution in [2.75, 3.05) is 0 Å². The Morgan fingerprint density at radius 2 is 2.00 bits per heavy atom. The van der Waals surface area contributed by atoms with E-state index < -0.39 is 5.60 Å². The molecular formula is C21H32O2. The van der Waals surface area contributed by atoms with Gasteiger partial charge >= 0.3 is 5.97 Å². The van der Waals surface area contributed by atoms with Gasteiger partial charge in [-0.25, -0.2) is 4.79 Å². The van der Waals surface area contributed by atoms with Crippen molar-refractivity contribution in [2.45, 2.75) is 78.2 Å². The Kier molecular flexibility index (Phi) is 4.01. The minimum atomic E-state index is -0.412. The molecule has 3 rings (SSSR count). The molecule has 0 aromatic heterocycles. The number of cyclic esters (lactones) is 1. The molecule has 0 amide bonds. The van der Waals surface area contributed by atoms with Crippen molar-refractivity contribution in [3.63, 3.8) is 0 Å². The van der Waals surface area contributed by atoms with E-state index in [0.29, 0.717) is 16.7 Å². The zero-order chi connectivity index (χ0) is 16.9. The van der Waals surface area contributed by atoms with Crippen LogP contribution in [0.3, 0.4) is 0 Å². The number of allylic oxidation sites excluding steroid dienone is 1. The van der Waals surface area contributed by atoms with Gasteiger partial charge in [0.1, 0.15) is 5.60 Å². The van der Waals surface area contributed by atoms with Gasteiger partial charge in [0.05, 0.1) is 0 Å². The summed E-state index contributed by atoms with van der Waals surface area (Å²) >= 11 is 0. The highest BCUT2D eigenvalue weighted by Gasteiger charge is 2.52. The van der Waals surface area contributed by atoms with E-state index in [4.69, 9.17) is 4.74 Å². The van der Waals surface area contributed by atoms with Crippen molar-refractivity contribution in [1.29, 1.82) is 0 Å². The number of esters is 1. The fourth-order valence-corrected chi connectivity index (χ4v) is 5.92. The Bertz CT molecular complexity index is 544. The van der Waals surface area contributed by atoms with E-state index >= 15 is 0 Å². The lowest BCUT2D eigenvalue weighted by molar-refractivity contribution is -0.145. The predicted octanol–water partition coefficient (Wildman–Crippen LogP) is 5.44. The first-order valence-corrected chi connectivity index (χ1v) is 9.26. The molecule has 2 nitrogen and oxygen atoms in total. The van der Waals surface area contributed by atoms with Gasteiger partial charge < -0.3 is 4.74 Å². The summed E-state index contributed by atoms with van der Waals surface area (Å²) in [6, 6.07) is 0. The molecule has 1 heterocycles.